The minimum Gasteiger partial charge on any atom is -0.394 e. The smallest absolute Gasteiger partial charge is 0.220 e. The number of amides is 1. The van der Waals surface area contributed by atoms with Crippen LogP contribution in [-0.2, 0) is 23.7 Å². The van der Waals surface area contributed by atoms with Crippen molar-refractivity contribution in [1.29, 1.82) is 0 Å². The molecule has 1 amide bonds. The van der Waals surface area contributed by atoms with Crippen LogP contribution in [0.1, 0.15) is 335 Å². The molecule has 2 saturated heterocycles. The Kier molecular flexibility index (Phi) is 56.6. The van der Waals surface area contributed by atoms with Crippen LogP contribution in [0.2, 0.25) is 0 Å². The molecule has 0 aromatic rings. The molecule has 2 heterocycles. The van der Waals surface area contributed by atoms with Gasteiger partial charge in [0.15, 0.2) is 12.6 Å². The van der Waals surface area contributed by atoms with Crippen LogP contribution in [0.3, 0.4) is 0 Å². The normalized spacial score (nSPS) is 23.1. The van der Waals surface area contributed by atoms with Gasteiger partial charge in [-0.25, -0.2) is 0 Å². The molecule has 0 aliphatic carbocycles. The molecule has 12 atom stereocenters. The molecule has 0 aromatic carbocycles. The van der Waals surface area contributed by atoms with Crippen molar-refractivity contribution in [3.8, 4) is 0 Å². The van der Waals surface area contributed by atoms with Gasteiger partial charge in [0.2, 0.25) is 5.91 Å². The van der Waals surface area contributed by atoms with Crippen LogP contribution in [0.15, 0.2) is 48.6 Å². The van der Waals surface area contributed by atoms with Crippen LogP contribution in [0.5, 0.6) is 0 Å². The van der Waals surface area contributed by atoms with E-state index in [1.807, 2.05) is 6.08 Å². The van der Waals surface area contributed by atoms with E-state index in [4.69, 9.17) is 18.9 Å². The molecule has 2 fully saturated rings. The Bertz CT molecular complexity index is 1690. The predicted molar refractivity (Wildman–Crippen MR) is 369 cm³/mol. The van der Waals surface area contributed by atoms with Crippen molar-refractivity contribution in [1.82, 2.24) is 5.32 Å². The van der Waals surface area contributed by atoms with Gasteiger partial charge in [0.25, 0.3) is 0 Å². The van der Waals surface area contributed by atoms with E-state index in [9.17, 15) is 45.6 Å². The van der Waals surface area contributed by atoms with Gasteiger partial charge in [-0.3, -0.25) is 4.79 Å². The van der Waals surface area contributed by atoms with E-state index in [-0.39, 0.29) is 18.9 Å². The number of carbonyl (C=O) groups excluding carboxylic acids is 1. The molecule has 12 unspecified atom stereocenters. The molecule has 2 aliphatic heterocycles. The quantitative estimate of drug-likeness (QED) is 0.0204. The Labute approximate surface area is 550 Å². The van der Waals surface area contributed by atoms with E-state index in [0.29, 0.717) is 6.42 Å². The van der Waals surface area contributed by atoms with Gasteiger partial charge in [0.05, 0.1) is 32.0 Å². The summed E-state index contributed by atoms with van der Waals surface area (Å²) < 4.78 is 22.9. The fourth-order valence-electron chi connectivity index (χ4n) is 12.5. The van der Waals surface area contributed by atoms with E-state index in [2.05, 4.69) is 55.6 Å². The highest BCUT2D eigenvalue weighted by Gasteiger charge is 2.51. The summed E-state index contributed by atoms with van der Waals surface area (Å²) in [4.78, 5) is 13.4. The van der Waals surface area contributed by atoms with Gasteiger partial charge < -0.3 is 65.1 Å². The molecule has 90 heavy (non-hydrogen) atoms. The van der Waals surface area contributed by atoms with Crippen LogP contribution in [0, 0.1) is 0 Å². The van der Waals surface area contributed by atoms with Crippen molar-refractivity contribution >= 4 is 5.91 Å². The monoisotopic (exact) mass is 1280 g/mol. The first-order chi connectivity index (χ1) is 44.1. The standard InChI is InChI=1S/C76H141NO13/c1-3-5-7-9-11-13-15-17-19-21-23-25-27-29-30-31-32-33-34-36-38-40-42-44-46-48-50-52-54-56-58-60-68(81)77-64(63-87-75-73(86)71(84)74(67(62-79)89-75)90-76-72(85)70(83)69(82)66(61-78)88-76)65(80)59-57-55-53-51-49-47-45-43-41-39-37-35-28-26-24-22-20-18-16-14-12-10-8-6-4-2/h15,17,21,23,27,29,57,59,64-67,69-76,78-80,82-86H,3-14,16,18-20,22,24-26,28,30-56,58,60-63H2,1-2H3,(H,77,81)/b17-15-,23-21-,29-27-,59-57+. The number of carbonyl (C=O) groups is 1. The van der Waals surface area contributed by atoms with Gasteiger partial charge in [-0.2, -0.15) is 0 Å². The minimum absolute atomic E-state index is 0.235. The predicted octanol–water partition coefficient (Wildman–Crippen LogP) is 16.2. The highest BCUT2D eigenvalue weighted by Crippen LogP contribution is 2.30. The second-order valence-corrected chi connectivity index (χ2v) is 26.8. The second-order valence-electron chi connectivity index (χ2n) is 26.8. The first-order valence-electron chi connectivity index (χ1n) is 37.9. The Balaban J connectivity index is 1.65. The molecule has 9 N–H and O–H groups in total. The number of allylic oxidation sites excluding steroid dienone is 7. The minimum atomic E-state index is -1.79. The van der Waals surface area contributed by atoms with Gasteiger partial charge in [0, 0.05) is 6.42 Å². The number of hydrogen-bond donors (Lipinski definition) is 9. The summed E-state index contributed by atoms with van der Waals surface area (Å²) in [7, 11) is 0. The highest BCUT2D eigenvalue weighted by molar-refractivity contribution is 5.76. The van der Waals surface area contributed by atoms with Gasteiger partial charge in [-0.1, -0.05) is 319 Å². The Morgan fingerprint density at radius 3 is 1.12 bits per heavy atom. The van der Waals surface area contributed by atoms with Crippen molar-refractivity contribution in [2.24, 2.45) is 0 Å². The van der Waals surface area contributed by atoms with Crippen LogP contribution < -0.4 is 5.32 Å². The summed E-state index contributed by atoms with van der Waals surface area (Å²) in [6.07, 6.45) is 63.1. The zero-order valence-electron chi connectivity index (χ0n) is 57.6. The van der Waals surface area contributed by atoms with E-state index < -0.39 is 86.8 Å². The molecular formula is C76H141NO13. The fraction of sp³-hybridized carbons (Fsp3) is 0.882. The summed E-state index contributed by atoms with van der Waals surface area (Å²) in [6.45, 7) is 2.84. The fourth-order valence-corrected chi connectivity index (χ4v) is 12.5. The lowest BCUT2D eigenvalue weighted by Gasteiger charge is -2.46. The van der Waals surface area contributed by atoms with Crippen LogP contribution in [-0.4, -0.2) is 140 Å². The van der Waals surface area contributed by atoms with Crippen molar-refractivity contribution in [2.45, 2.75) is 408 Å². The summed E-state index contributed by atoms with van der Waals surface area (Å²) in [6, 6.07) is -0.917. The van der Waals surface area contributed by atoms with Crippen LogP contribution >= 0.6 is 0 Å². The van der Waals surface area contributed by atoms with E-state index in [1.165, 1.54) is 257 Å². The molecule has 2 aliphatic rings. The summed E-state index contributed by atoms with van der Waals surface area (Å²) in [5.74, 6) is -0.235. The molecule has 14 nitrogen and oxygen atoms in total. The zero-order chi connectivity index (χ0) is 65.2. The number of aliphatic hydroxyl groups excluding tert-OH is 8. The lowest BCUT2D eigenvalue weighted by atomic mass is 9.97. The van der Waals surface area contributed by atoms with E-state index >= 15 is 0 Å². The topological polar surface area (TPSA) is 228 Å². The number of unbranched alkanes of at least 4 members (excludes halogenated alkanes) is 44. The molecule has 0 aromatic heterocycles. The van der Waals surface area contributed by atoms with Crippen LogP contribution in [0.4, 0.5) is 0 Å². The number of hydrogen-bond acceptors (Lipinski definition) is 13. The molecule has 14 heteroatoms. The Morgan fingerprint density at radius 1 is 0.400 bits per heavy atom. The maximum Gasteiger partial charge on any atom is 0.220 e. The molecule has 0 radical (unpaired) electrons. The maximum atomic E-state index is 13.4. The van der Waals surface area contributed by atoms with Gasteiger partial charge in [-0.15, -0.1) is 0 Å². The Morgan fingerprint density at radius 2 is 0.733 bits per heavy atom. The summed E-state index contributed by atoms with van der Waals surface area (Å²) in [5.41, 5.74) is 0. The number of rotatable bonds is 63. The van der Waals surface area contributed by atoms with Gasteiger partial charge in [-0.05, 0) is 57.8 Å². The molecular weight excluding hydrogens is 1130 g/mol. The maximum absolute atomic E-state index is 13.4. The first-order valence-corrected chi connectivity index (χ1v) is 37.9. The average molecular weight is 1280 g/mol. The SMILES string of the molecule is CCCCCCC/C=C\C/C=C\C/C=C\CCCCCCCCCCCCCCCCCCC(=O)NC(COC1OC(CO)C(OC2OC(CO)C(O)C(O)C2O)C(O)C1O)C(O)/C=C/CCCCCCCCCCCCCCCCCCCCCCCCC. The molecule has 528 valence electrons. The van der Waals surface area contributed by atoms with Gasteiger partial charge in [0.1, 0.15) is 48.8 Å². The largest absolute Gasteiger partial charge is 0.394 e. The second kappa shape index (κ2) is 60.6. The Hall–Kier alpha value is -2.05. The third kappa shape index (κ3) is 43.8. The molecule has 2 rings (SSSR count). The highest BCUT2D eigenvalue weighted by atomic mass is 16.7. The zero-order valence-corrected chi connectivity index (χ0v) is 57.6. The average Bonchev–Trinajstić information content (AvgIpc) is 1.42. The van der Waals surface area contributed by atoms with Crippen molar-refractivity contribution in [2.75, 3.05) is 19.8 Å². The van der Waals surface area contributed by atoms with E-state index in [0.717, 1.165) is 51.4 Å². The molecule has 0 bridgehead atoms. The van der Waals surface area contributed by atoms with Gasteiger partial charge >= 0.3 is 0 Å². The van der Waals surface area contributed by atoms with Crippen molar-refractivity contribution in [3.05, 3.63) is 48.6 Å². The first kappa shape index (κ1) is 84.0. The van der Waals surface area contributed by atoms with Crippen LogP contribution in [0.25, 0.3) is 0 Å². The molecule has 0 spiro atoms. The third-order valence-corrected chi connectivity index (χ3v) is 18.5. The van der Waals surface area contributed by atoms with Crippen molar-refractivity contribution < 1.29 is 64.6 Å². The van der Waals surface area contributed by atoms with E-state index in [1.54, 1.807) is 6.08 Å². The lowest BCUT2D eigenvalue weighted by molar-refractivity contribution is -0.359. The number of ether oxygens (including phenoxy) is 4. The number of nitrogens with one attached hydrogen (secondary N) is 1. The molecule has 0 saturated carbocycles. The lowest BCUT2D eigenvalue weighted by Crippen LogP contribution is -2.65. The summed E-state index contributed by atoms with van der Waals surface area (Å²) >= 11 is 0. The summed E-state index contributed by atoms with van der Waals surface area (Å²) in [5, 5.41) is 87.6. The number of aliphatic hydroxyl groups is 8. The van der Waals surface area contributed by atoms with Crippen molar-refractivity contribution in [3.63, 3.8) is 0 Å². The third-order valence-electron chi connectivity index (χ3n) is 18.5.